The lowest BCUT2D eigenvalue weighted by atomic mass is 10.1. The molecule has 1 atom stereocenters. The maximum absolute atomic E-state index is 13.1. The molecule has 1 aliphatic carbocycles. The SMILES string of the molecule is CC(C)N(C(=O)[C@@H](C)Sc1nnc(-c2c[nH]c3ccccc23)n1C1CC1)C(C)C. The Kier molecular flexibility index (Phi) is 5.42. The molecule has 154 valence electrons. The highest BCUT2D eigenvalue weighted by Crippen LogP contribution is 2.43. The minimum Gasteiger partial charge on any atom is -0.360 e. The lowest BCUT2D eigenvalue weighted by molar-refractivity contribution is -0.133. The van der Waals surface area contributed by atoms with Crippen molar-refractivity contribution < 1.29 is 4.79 Å². The Morgan fingerprint density at radius 3 is 2.48 bits per heavy atom. The summed E-state index contributed by atoms with van der Waals surface area (Å²) in [7, 11) is 0. The van der Waals surface area contributed by atoms with Gasteiger partial charge in [-0.25, -0.2) is 0 Å². The Labute approximate surface area is 176 Å². The van der Waals surface area contributed by atoms with Crippen molar-refractivity contribution >= 4 is 28.6 Å². The first kappa shape index (κ1) is 20.0. The lowest BCUT2D eigenvalue weighted by Crippen LogP contribution is -2.45. The van der Waals surface area contributed by atoms with Crippen LogP contribution >= 0.6 is 11.8 Å². The van der Waals surface area contributed by atoms with Crippen molar-refractivity contribution in [1.29, 1.82) is 0 Å². The summed E-state index contributed by atoms with van der Waals surface area (Å²) in [5.41, 5.74) is 2.16. The summed E-state index contributed by atoms with van der Waals surface area (Å²) < 4.78 is 2.24. The minimum atomic E-state index is -0.211. The summed E-state index contributed by atoms with van der Waals surface area (Å²) >= 11 is 1.52. The fraction of sp³-hybridized carbons (Fsp3) is 0.500. The van der Waals surface area contributed by atoms with Gasteiger partial charge in [-0.3, -0.25) is 9.36 Å². The highest BCUT2D eigenvalue weighted by molar-refractivity contribution is 8.00. The van der Waals surface area contributed by atoms with E-state index in [9.17, 15) is 4.79 Å². The van der Waals surface area contributed by atoms with E-state index in [1.165, 1.54) is 11.8 Å². The number of hydrogen-bond donors (Lipinski definition) is 1. The number of nitrogens with zero attached hydrogens (tertiary/aromatic N) is 4. The maximum atomic E-state index is 13.1. The fourth-order valence-electron chi connectivity index (χ4n) is 3.98. The van der Waals surface area contributed by atoms with Crippen LogP contribution in [0.4, 0.5) is 0 Å². The van der Waals surface area contributed by atoms with E-state index in [2.05, 4.69) is 59.6 Å². The lowest BCUT2D eigenvalue weighted by Gasteiger charge is -2.32. The van der Waals surface area contributed by atoms with Crippen molar-refractivity contribution in [1.82, 2.24) is 24.6 Å². The molecule has 1 fully saturated rings. The molecule has 6 nitrogen and oxygen atoms in total. The van der Waals surface area contributed by atoms with Crippen LogP contribution in [0.5, 0.6) is 0 Å². The number of hydrogen-bond acceptors (Lipinski definition) is 4. The van der Waals surface area contributed by atoms with E-state index in [0.717, 1.165) is 40.3 Å². The number of nitrogens with one attached hydrogen (secondary N) is 1. The van der Waals surface area contributed by atoms with Gasteiger partial charge < -0.3 is 9.88 Å². The normalized spacial score (nSPS) is 15.4. The fourth-order valence-corrected chi connectivity index (χ4v) is 4.96. The molecule has 7 heteroatoms. The molecule has 0 aliphatic heterocycles. The van der Waals surface area contributed by atoms with Gasteiger partial charge in [-0.2, -0.15) is 0 Å². The standard InChI is InChI=1S/C22H29N5OS/c1-13(2)26(14(3)4)21(28)15(5)29-22-25-24-20(27(22)16-10-11-16)18-12-23-19-9-7-6-8-17(18)19/h6-9,12-16,23H,10-11H2,1-5H3/t15-/m1/s1. The van der Waals surface area contributed by atoms with Crippen molar-refractivity contribution in [3.05, 3.63) is 30.5 Å². The molecule has 4 rings (SSSR count). The van der Waals surface area contributed by atoms with Crippen LogP contribution in [-0.2, 0) is 4.79 Å². The molecule has 0 bridgehead atoms. The van der Waals surface area contributed by atoms with Crippen molar-refractivity contribution in [3.63, 3.8) is 0 Å². The molecule has 0 saturated heterocycles. The summed E-state index contributed by atoms with van der Waals surface area (Å²) in [5.74, 6) is 1.04. The number of aromatic nitrogens is 4. The number of fused-ring (bicyclic) bond motifs is 1. The second-order valence-electron chi connectivity index (χ2n) is 8.35. The second kappa shape index (κ2) is 7.86. The number of benzene rings is 1. The predicted octanol–water partition coefficient (Wildman–Crippen LogP) is 4.89. The first-order chi connectivity index (χ1) is 13.9. The molecule has 1 saturated carbocycles. The molecule has 0 spiro atoms. The number of thioether (sulfide) groups is 1. The van der Waals surface area contributed by atoms with E-state index in [0.29, 0.717) is 6.04 Å². The zero-order chi connectivity index (χ0) is 20.7. The summed E-state index contributed by atoms with van der Waals surface area (Å²) in [4.78, 5) is 18.4. The molecule has 2 aromatic heterocycles. The van der Waals surface area contributed by atoms with E-state index in [4.69, 9.17) is 0 Å². The molecule has 1 aliphatic rings. The predicted molar refractivity (Wildman–Crippen MR) is 118 cm³/mol. The van der Waals surface area contributed by atoms with Crippen LogP contribution in [0.15, 0.2) is 35.6 Å². The van der Waals surface area contributed by atoms with Crippen LogP contribution in [0.1, 0.15) is 53.5 Å². The molecule has 1 N–H and O–H groups in total. The monoisotopic (exact) mass is 411 g/mol. The highest BCUT2D eigenvalue weighted by atomic mass is 32.2. The second-order valence-corrected chi connectivity index (χ2v) is 9.66. The Morgan fingerprint density at radius 2 is 1.83 bits per heavy atom. The first-order valence-corrected chi connectivity index (χ1v) is 11.3. The average molecular weight is 412 g/mol. The van der Waals surface area contributed by atoms with Gasteiger partial charge in [0.2, 0.25) is 5.91 Å². The third kappa shape index (κ3) is 3.80. The minimum absolute atomic E-state index is 0.152. The Hall–Kier alpha value is -2.28. The van der Waals surface area contributed by atoms with Crippen LogP contribution in [-0.4, -0.2) is 47.9 Å². The number of rotatable bonds is 7. The van der Waals surface area contributed by atoms with Gasteiger partial charge in [-0.1, -0.05) is 30.0 Å². The molecular weight excluding hydrogens is 382 g/mol. The maximum Gasteiger partial charge on any atom is 0.236 e. The van der Waals surface area contributed by atoms with Gasteiger partial charge in [0.05, 0.1) is 5.25 Å². The third-order valence-electron chi connectivity index (χ3n) is 5.40. The van der Waals surface area contributed by atoms with Gasteiger partial charge >= 0.3 is 0 Å². The number of aromatic amines is 1. The number of para-hydroxylation sites is 1. The van der Waals surface area contributed by atoms with Crippen LogP contribution < -0.4 is 0 Å². The number of amides is 1. The number of carbonyl (C=O) groups excluding carboxylic acids is 1. The third-order valence-corrected chi connectivity index (χ3v) is 6.45. The molecule has 2 heterocycles. The van der Waals surface area contributed by atoms with Crippen molar-refractivity contribution in [3.8, 4) is 11.4 Å². The smallest absolute Gasteiger partial charge is 0.236 e. The van der Waals surface area contributed by atoms with Gasteiger partial charge in [0.1, 0.15) is 0 Å². The van der Waals surface area contributed by atoms with Crippen LogP contribution in [0.3, 0.4) is 0 Å². The highest BCUT2D eigenvalue weighted by Gasteiger charge is 2.33. The van der Waals surface area contributed by atoms with E-state index < -0.39 is 0 Å². The average Bonchev–Trinajstić information content (AvgIpc) is 3.29. The summed E-state index contributed by atoms with van der Waals surface area (Å²) in [6.45, 7) is 10.2. The Bertz CT molecular complexity index is 1010. The van der Waals surface area contributed by atoms with Gasteiger partial charge in [0.25, 0.3) is 0 Å². The van der Waals surface area contributed by atoms with Crippen LogP contribution in [0.2, 0.25) is 0 Å². The van der Waals surface area contributed by atoms with Gasteiger partial charge in [-0.15, -0.1) is 10.2 Å². The first-order valence-electron chi connectivity index (χ1n) is 10.4. The topological polar surface area (TPSA) is 66.8 Å². The van der Waals surface area contributed by atoms with E-state index >= 15 is 0 Å². The Morgan fingerprint density at radius 1 is 1.14 bits per heavy atom. The molecule has 3 aromatic rings. The quantitative estimate of drug-likeness (QED) is 0.562. The zero-order valence-electron chi connectivity index (χ0n) is 17.7. The van der Waals surface area contributed by atoms with E-state index in [1.807, 2.05) is 30.2 Å². The summed E-state index contributed by atoms with van der Waals surface area (Å²) in [5, 5.41) is 10.8. The van der Waals surface area contributed by atoms with Crippen molar-refractivity contribution in [2.24, 2.45) is 0 Å². The molecule has 0 unspecified atom stereocenters. The van der Waals surface area contributed by atoms with Gasteiger partial charge in [0, 0.05) is 40.8 Å². The molecule has 1 aromatic carbocycles. The van der Waals surface area contributed by atoms with E-state index in [1.54, 1.807) is 0 Å². The number of carbonyl (C=O) groups is 1. The van der Waals surface area contributed by atoms with Crippen LogP contribution in [0, 0.1) is 0 Å². The molecular formula is C22H29N5OS. The zero-order valence-corrected chi connectivity index (χ0v) is 18.5. The molecule has 1 amide bonds. The molecule has 0 radical (unpaired) electrons. The van der Waals surface area contributed by atoms with Gasteiger partial charge in [-0.05, 0) is 53.5 Å². The summed E-state index contributed by atoms with van der Waals surface area (Å²) in [6.07, 6.45) is 4.27. The summed E-state index contributed by atoms with van der Waals surface area (Å²) in [6, 6.07) is 9.01. The largest absolute Gasteiger partial charge is 0.360 e. The Balaban J connectivity index is 1.65. The molecule has 29 heavy (non-hydrogen) atoms. The van der Waals surface area contributed by atoms with Crippen molar-refractivity contribution in [2.45, 2.75) is 76.0 Å². The number of H-pyrrole nitrogens is 1. The van der Waals surface area contributed by atoms with Gasteiger partial charge in [0.15, 0.2) is 11.0 Å². The van der Waals surface area contributed by atoms with Crippen molar-refractivity contribution in [2.75, 3.05) is 0 Å². The van der Waals surface area contributed by atoms with Crippen LogP contribution in [0.25, 0.3) is 22.3 Å². The van der Waals surface area contributed by atoms with E-state index in [-0.39, 0.29) is 23.2 Å².